The Morgan fingerprint density at radius 1 is 0.658 bits per heavy atom. The average Bonchev–Trinajstić information content (AvgIpc) is 2.93. The Morgan fingerprint density at radius 2 is 1.11 bits per heavy atom. The number of carboxylic acids is 1. The molecular weight excluding hydrogens is 468 g/mol. The lowest BCUT2D eigenvalue weighted by Crippen LogP contribution is -1.93. The fraction of sp³-hybridized carbons (Fsp3) is 0.559. The fourth-order valence-electron chi connectivity index (χ4n) is 4.62. The van der Waals surface area contributed by atoms with Crippen molar-refractivity contribution in [2.75, 3.05) is 0 Å². The summed E-state index contributed by atoms with van der Waals surface area (Å²) in [5, 5.41) is 8.66. The Bertz CT molecular complexity index is 951. The smallest absolute Gasteiger partial charge is 0.303 e. The summed E-state index contributed by atoms with van der Waals surface area (Å²) < 4.78 is 0. The second-order valence-electron chi connectivity index (χ2n) is 10.4. The van der Waals surface area contributed by atoms with E-state index in [1.807, 2.05) is 12.4 Å². The number of hydrogen-bond acceptors (Lipinski definition) is 3. The van der Waals surface area contributed by atoms with Gasteiger partial charge in [0.25, 0.3) is 0 Å². The number of aromatic nitrogens is 2. The maximum atomic E-state index is 10.5. The average molecular weight is 519 g/mol. The molecule has 38 heavy (non-hydrogen) atoms. The predicted molar refractivity (Wildman–Crippen MR) is 160 cm³/mol. The van der Waals surface area contributed by atoms with Crippen LogP contribution in [-0.4, -0.2) is 21.0 Å². The third-order valence-electron chi connectivity index (χ3n) is 6.93. The van der Waals surface area contributed by atoms with Gasteiger partial charge in [-0.3, -0.25) is 14.8 Å². The van der Waals surface area contributed by atoms with E-state index in [9.17, 15) is 4.79 Å². The minimum atomic E-state index is -0.684. The van der Waals surface area contributed by atoms with E-state index in [-0.39, 0.29) is 0 Å². The molecule has 0 bridgehead atoms. The first-order valence-electron chi connectivity index (χ1n) is 15.1. The van der Waals surface area contributed by atoms with Crippen LogP contribution >= 0.6 is 0 Å². The van der Waals surface area contributed by atoms with Crippen LogP contribution in [0.25, 0.3) is 11.4 Å². The topological polar surface area (TPSA) is 63.1 Å². The molecule has 0 aromatic carbocycles. The molecule has 2 aromatic rings. The Labute approximate surface area is 231 Å². The summed E-state index contributed by atoms with van der Waals surface area (Å²) in [7, 11) is 0. The first kappa shape index (κ1) is 31.5. The maximum Gasteiger partial charge on any atom is 0.303 e. The van der Waals surface area contributed by atoms with Gasteiger partial charge in [0.2, 0.25) is 0 Å². The molecule has 0 aliphatic rings. The van der Waals surface area contributed by atoms with Crippen molar-refractivity contribution in [1.82, 2.24) is 9.97 Å². The summed E-state index contributed by atoms with van der Waals surface area (Å²) in [5.41, 5.74) is 4.52. The van der Waals surface area contributed by atoms with Crippen LogP contribution in [0.1, 0.15) is 121 Å². The van der Waals surface area contributed by atoms with Gasteiger partial charge in [-0.25, -0.2) is 0 Å². The zero-order valence-electron chi connectivity index (χ0n) is 23.8. The van der Waals surface area contributed by atoms with Crippen molar-refractivity contribution < 1.29 is 9.90 Å². The molecule has 0 amide bonds. The highest BCUT2D eigenvalue weighted by molar-refractivity contribution is 5.66. The quantitative estimate of drug-likeness (QED) is 0.124. The predicted octanol–water partition coefficient (Wildman–Crippen LogP) is 9.69. The van der Waals surface area contributed by atoms with Gasteiger partial charge in [0, 0.05) is 18.8 Å². The summed E-state index contributed by atoms with van der Waals surface area (Å²) in [5.74, 6) is -0.684. The molecule has 0 radical (unpaired) electrons. The van der Waals surface area contributed by atoms with Gasteiger partial charge < -0.3 is 5.11 Å². The second kappa shape index (κ2) is 21.2. The molecule has 4 nitrogen and oxygen atoms in total. The molecule has 0 spiro atoms. The van der Waals surface area contributed by atoms with Crippen molar-refractivity contribution in [2.45, 2.75) is 122 Å². The van der Waals surface area contributed by atoms with Crippen molar-refractivity contribution in [3.63, 3.8) is 0 Å². The molecule has 0 saturated carbocycles. The molecule has 2 rings (SSSR count). The summed E-state index contributed by atoms with van der Waals surface area (Å²) >= 11 is 0. The highest BCUT2D eigenvalue weighted by Gasteiger charge is 2.04. The maximum absolute atomic E-state index is 10.5. The number of aliphatic carboxylic acids is 1. The number of carboxylic acid groups (broad SMARTS) is 1. The van der Waals surface area contributed by atoms with Gasteiger partial charge in [0.15, 0.2) is 0 Å². The Morgan fingerprint density at radius 3 is 1.61 bits per heavy atom. The number of rotatable bonds is 22. The molecule has 0 unspecified atom stereocenters. The van der Waals surface area contributed by atoms with Gasteiger partial charge in [-0.15, -0.1) is 0 Å². The zero-order chi connectivity index (χ0) is 27.1. The number of pyridine rings is 2. The molecule has 0 saturated heterocycles. The number of nitrogens with zero attached hydrogens (tertiary/aromatic N) is 2. The Kier molecular flexibility index (Phi) is 17.6. The van der Waals surface area contributed by atoms with Crippen molar-refractivity contribution in [2.24, 2.45) is 0 Å². The summed E-state index contributed by atoms with van der Waals surface area (Å²) in [4.78, 5) is 19.7. The zero-order valence-corrected chi connectivity index (χ0v) is 23.8. The largest absolute Gasteiger partial charge is 0.481 e. The molecule has 0 atom stereocenters. The van der Waals surface area contributed by atoms with Crippen LogP contribution < -0.4 is 0 Å². The molecule has 4 heteroatoms. The van der Waals surface area contributed by atoms with E-state index in [2.05, 4.69) is 65.5 Å². The molecule has 2 heterocycles. The van der Waals surface area contributed by atoms with E-state index in [1.54, 1.807) is 0 Å². The molecular formula is C34H50N2O2. The van der Waals surface area contributed by atoms with Gasteiger partial charge in [0.05, 0.1) is 11.4 Å². The van der Waals surface area contributed by atoms with Gasteiger partial charge in [-0.05, 0) is 93.2 Å². The van der Waals surface area contributed by atoms with Crippen LogP contribution in [0, 0.1) is 0 Å². The van der Waals surface area contributed by atoms with Crippen LogP contribution in [0.2, 0.25) is 0 Å². The van der Waals surface area contributed by atoms with Gasteiger partial charge in [0.1, 0.15) is 0 Å². The van der Waals surface area contributed by atoms with Gasteiger partial charge >= 0.3 is 5.97 Å². The minimum absolute atomic E-state index is 0.301. The van der Waals surface area contributed by atoms with Crippen molar-refractivity contribution >= 4 is 5.97 Å². The first-order valence-corrected chi connectivity index (χ1v) is 15.1. The monoisotopic (exact) mass is 518 g/mol. The first-order chi connectivity index (χ1) is 18.7. The van der Waals surface area contributed by atoms with Crippen molar-refractivity contribution in [3.8, 4) is 11.4 Å². The normalized spacial score (nSPS) is 11.6. The molecule has 208 valence electrons. The SMILES string of the molecule is CCCCCCCCC=CCCc1ccnc(-c2cc(CCC=CCCCCCCCC(=O)O)ccn2)c1. The van der Waals surface area contributed by atoms with Crippen LogP contribution in [0.5, 0.6) is 0 Å². The minimum Gasteiger partial charge on any atom is -0.481 e. The Hall–Kier alpha value is -2.75. The van der Waals surface area contributed by atoms with E-state index >= 15 is 0 Å². The van der Waals surface area contributed by atoms with E-state index in [1.165, 1.54) is 68.9 Å². The summed E-state index contributed by atoms with van der Waals surface area (Å²) in [6.07, 6.45) is 33.3. The second-order valence-corrected chi connectivity index (χ2v) is 10.4. The van der Waals surface area contributed by atoms with Crippen LogP contribution in [0.3, 0.4) is 0 Å². The molecule has 0 aliphatic heterocycles. The van der Waals surface area contributed by atoms with Crippen LogP contribution in [-0.2, 0) is 17.6 Å². The lowest BCUT2D eigenvalue weighted by molar-refractivity contribution is -0.137. The van der Waals surface area contributed by atoms with Crippen LogP contribution in [0.4, 0.5) is 0 Å². The summed E-state index contributed by atoms with van der Waals surface area (Å²) in [6.45, 7) is 2.27. The number of aryl methyl sites for hydroxylation is 2. The number of hydrogen-bond donors (Lipinski definition) is 1. The Balaban J connectivity index is 1.66. The van der Waals surface area contributed by atoms with E-state index in [0.717, 1.165) is 62.8 Å². The standard InChI is InChI=1S/C34H50N2O2/c1-2-3-4-5-6-7-9-12-15-18-21-30-24-26-35-32(28-30)33-29-31(25-27-36-33)22-19-16-13-10-8-11-14-17-20-23-34(37)38/h12-13,15-16,24-29H,2-11,14,17-23H2,1H3,(H,37,38). The molecule has 2 aromatic heterocycles. The lowest BCUT2D eigenvalue weighted by atomic mass is 10.1. The third-order valence-corrected chi connectivity index (χ3v) is 6.93. The van der Waals surface area contributed by atoms with Crippen molar-refractivity contribution in [1.29, 1.82) is 0 Å². The molecule has 0 fully saturated rings. The van der Waals surface area contributed by atoms with Gasteiger partial charge in [-0.1, -0.05) is 82.6 Å². The number of carbonyl (C=O) groups is 1. The van der Waals surface area contributed by atoms with E-state index in [4.69, 9.17) is 5.11 Å². The highest BCUT2D eigenvalue weighted by atomic mass is 16.4. The third kappa shape index (κ3) is 15.5. The molecule has 1 N–H and O–H groups in total. The van der Waals surface area contributed by atoms with Crippen molar-refractivity contribution in [3.05, 3.63) is 72.1 Å². The van der Waals surface area contributed by atoms with E-state index in [0.29, 0.717) is 6.42 Å². The fourth-order valence-corrected chi connectivity index (χ4v) is 4.62. The number of unbranched alkanes of at least 4 members (excludes halogenated alkanes) is 11. The highest BCUT2D eigenvalue weighted by Crippen LogP contribution is 2.19. The molecule has 0 aliphatic carbocycles. The lowest BCUT2D eigenvalue weighted by Gasteiger charge is -2.05. The number of allylic oxidation sites excluding steroid dienone is 4. The van der Waals surface area contributed by atoms with Gasteiger partial charge in [-0.2, -0.15) is 0 Å². The van der Waals surface area contributed by atoms with E-state index < -0.39 is 5.97 Å². The van der Waals surface area contributed by atoms with Crippen LogP contribution in [0.15, 0.2) is 61.0 Å². The summed E-state index contributed by atoms with van der Waals surface area (Å²) in [6, 6.07) is 8.59.